The minimum absolute atomic E-state index is 0.225. The van der Waals surface area contributed by atoms with E-state index in [1.54, 1.807) is 18.2 Å². The molecule has 17 heavy (non-hydrogen) atoms. The molecule has 2 rings (SSSR count). The quantitative estimate of drug-likeness (QED) is 0.843. The van der Waals surface area contributed by atoms with Crippen LogP contribution < -0.4 is 5.32 Å². The van der Waals surface area contributed by atoms with E-state index in [0.29, 0.717) is 12.4 Å². The Morgan fingerprint density at radius 3 is 2.76 bits per heavy atom. The van der Waals surface area contributed by atoms with Gasteiger partial charge in [-0.1, -0.05) is 12.1 Å². The Morgan fingerprint density at radius 2 is 2.06 bits per heavy atom. The summed E-state index contributed by atoms with van der Waals surface area (Å²) in [7, 11) is 1.88. The average molecular weight is 229 g/mol. The number of hydrogen-bond acceptors (Lipinski definition) is 4. The molecular weight excluding hydrogens is 214 g/mol. The molecule has 4 nitrogen and oxygen atoms in total. The summed E-state index contributed by atoms with van der Waals surface area (Å²) in [5, 5.41) is 12.5. The summed E-state index contributed by atoms with van der Waals surface area (Å²) >= 11 is 0. The van der Waals surface area contributed by atoms with Crippen LogP contribution in [0.1, 0.15) is 11.4 Å². The number of nitrogens with zero attached hydrogens (tertiary/aromatic N) is 2. The molecule has 2 N–H and O–H groups in total. The molecule has 0 bridgehead atoms. The van der Waals surface area contributed by atoms with Gasteiger partial charge in [0.05, 0.1) is 5.69 Å². The van der Waals surface area contributed by atoms with E-state index in [1.807, 2.05) is 26.1 Å². The molecule has 88 valence electrons. The molecule has 2 aromatic rings. The van der Waals surface area contributed by atoms with Crippen LogP contribution in [0.15, 0.2) is 30.3 Å². The van der Waals surface area contributed by atoms with Gasteiger partial charge < -0.3 is 10.4 Å². The third-order valence-corrected chi connectivity index (χ3v) is 2.37. The van der Waals surface area contributed by atoms with E-state index in [9.17, 15) is 5.11 Å². The lowest BCUT2D eigenvalue weighted by Crippen LogP contribution is -2.08. The second-order valence-electron chi connectivity index (χ2n) is 3.90. The van der Waals surface area contributed by atoms with Crippen molar-refractivity contribution in [3.05, 3.63) is 41.7 Å². The van der Waals surface area contributed by atoms with E-state index >= 15 is 0 Å². The van der Waals surface area contributed by atoms with Gasteiger partial charge in [0.2, 0.25) is 0 Å². The number of phenolic OH excluding ortho intramolecular Hbond substituents is 1. The average Bonchev–Trinajstić information content (AvgIpc) is 2.28. The minimum Gasteiger partial charge on any atom is -0.508 e. The van der Waals surface area contributed by atoms with Gasteiger partial charge in [0, 0.05) is 17.8 Å². The Bertz CT molecular complexity index is 526. The molecule has 0 aliphatic rings. The Kier molecular flexibility index (Phi) is 3.35. The van der Waals surface area contributed by atoms with Crippen LogP contribution in [0.5, 0.6) is 5.75 Å². The second-order valence-corrected chi connectivity index (χ2v) is 3.90. The van der Waals surface area contributed by atoms with Gasteiger partial charge in [-0.3, -0.25) is 0 Å². The fourth-order valence-corrected chi connectivity index (χ4v) is 1.68. The van der Waals surface area contributed by atoms with Crippen molar-refractivity contribution in [3.8, 4) is 17.1 Å². The van der Waals surface area contributed by atoms with Crippen LogP contribution in [0.3, 0.4) is 0 Å². The molecule has 0 unspecified atom stereocenters. The van der Waals surface area contributed by atoms with Crippen molar-refractivity contribution >= 4 is 0 Å². The first-order valence-electron chi connectivity index (χ1n) is 5.47. The summed E-state index contributed by atoms with van der Waals surface area (Å²) < 4.78 is 0. The Labute approximate surface area is 100 Å². The maximum Gasteiger partial charge on any atom is 0.159 e. The van der Waals surface area contributed by atoms with E-state index in [1.165, 1.54) is 0 Å². The van der Waals surface area contributed by atoms with Crippen molar-refractivity contribution in [1.29, 1.82) is 0 Å². The van der Waals surface area contributed by atoms with Gasteiger partial charge in [-0.05, 0) is 32.2 Å². The molecule has 0 amide bonds. The van der Waals surface area contributed by atoms with Gasteiger partial charge >= 0.3 is 0 Å². The molecule has 0 radical (unpaired) electrons. The number of aromatic hydroxyl groups is 1. The van der Waals surface area contributed by atoms with E-state index < -0.39 is 0 Å². The van der Waals surface area contributed by atoms with Crippen molar-refractivity contribution in [2.75, 3.05) is 7.05 Å². The van der Waals surface area contributed by atoms with Crippen molar-refractivity contribution < 1.29 is 5.11 Å². The highest BCUT2D eigenvalue weighted by atomic mass is 16.3. The molecule has 4 heteroatoms. The van der Waals surface area contributed by atoms with Crippen molar-refractivity contribution in [3.63, 3.8) is 0 Å². The number of benzene rings is 1. The van der Waals surface area contributed by atoms with Gasteiger partial charge in [-0.25, -0.2) is 9.97 Å². The Hall–Kier alpha value is -1.94. The molecule has 0 aliphatic heterocycles. The molecular formula is C13H15N3O. The molecule has 0 spiro atoms. The highest BCUT2D eigenvalue weighted by Crippen LogP contribution is 2.20. The van der Waals surface area contributed by atoms with Crippen molar-refractivity contribution in [1.82, 2.24) is 15.3 Å². The maximum absolute atomic E-state index is 9.45. The number of aryl methyl sites for hydroxylation is 1. The lowest BCUT2D eigenvalue weighted by atomic mass is 10.2. The summed E-state index contributed by atoms with van der Waals surface area (Å²) in [4.78, 5) is 8.83. The summed E-state index contributed by atoms with van der Waals surface area (Å²) in [6, 6.07) is 8.92. The van der Waals surface area contributed by atoms with Gasteiger partial charge in [0.1, 0.15) is 5.75 Å². The van der Waals surface area contributed by atoms with Crippen LogP contribution in [0.4, 0.5) is 0 Å². The van der Waals surface area contributed by atoms with Crippen LogP contribution in [0, 0.1) is 6.92 Å². The zero-order valence-electron chi connectivity index (χ0n) is 9.94. The number of hydrogen-bond donors (Lipinski definition) is 2. The fourth-order valence-electron chi connectivity index (χ4n) is 1.68. The maximum atomic E-state index is 9.45. The predicted molar refractivity (Wildman–Crippen MR) is 66.6 cm³/mol. The Balaban J connectivity index is 2.44. The molecule has 0 saturated heterocycles. The number of phenols is 1. The van der Waals surface area contributed by atoms with Gasteiger partial charge in [-0.15, -0.1) is 0 Å². The predicted octanol–water partition coefficient (Wildman–Crippen LogP) is 1.88. The van der Waals surface area contributed by atoms with E-state index in [4.69, 9.17) is 0 Å². The van der Waals surface area contributed by atoms with Crippen LogP contribution >= 0.6 is 0 Å². The second kappa shape index (κ2) is 4.93. The lowest BCUT2D eigenvalue weighted by Gasteiger charge is -2.06. The first kappa shape index (κ1) is 11.5. The topological polar surface area (TPSA) is 58.0 Å². The van der Waals surface area contributed by atoms with E-state index in [2.05, 4.69) is 15.3 Å². The highest BCUT2D eigenvalue weighted by molar-refractivity contribution is 5.57. The standard InChI is InChI=1S/C13H15N3O/c1-9-6-11(8-14-2)16-13(15-9)10-4-3-5-12(17)7-10/h3-7,14,17H,8H2,1-2H3. The first-order chi connectivity index (χ1) is 8.19. The lowest BCUT2D eigenvalue weighted by molar-refractivity contribution is 0.475. The third kappa shape index (κ3) is 2.79. The molecule has 0 atom stereocenters. The third-order valence-electron chi connectivity index (χ3n) is 2.37. The first-order valence-corrected chi connectivity index (χ1v) is 5.47. The zero-order valence-corrected chi connectivity index (χ0v) is 9.94. The Morgan fingerprint density at radius 1 is 1.24 bits per heavy atom. The smallest absolute Gasteiger partial charge is 0.159 e. The minimum atomic E-state index is 0.225. The van der Waals surface area contributed by atoms with Crippen LogP contribution in [0.25, 0.3) is 11.4 Å². The molecule has 0 aliphatic carbocycles. The number of aromatic nitrogens is 2. The largest absolute Gasteiger partial charge is 0.508 e. The van der Waals surface area contributed by atoms with Crippen LogP contribution in [-0.2, 0) is 6.54 Å². The monoisotopic (exact) mass is 229 g/mol. The van der Waals surface area contributed by atoms with Crippen molar-refractivity contribution in [2.45, 2.75) is 13.5 Å². The molecule has 0 fully saturated rings. The summed E-state index contributed by atoms with van der Waals surface area (Å²) in [6.07, 6.45) is 0. The molecule has 1 aromatic heterocycles. The van der Waals surface area contributed by atoms with Crippen LogP contribution in [0.2, 0.25) is 0 Å². The fraction of sp³-hybridized carbons (Fsp3) is 0.231. The number of nitrogens with one attached hydrogen (secondary N) is 1. The zero-order chi connectivity index (χ0) is 12.3. The molecule has 1 aromatic carbocycles. The van der Waals surface area contributed by atoms with E-state index in [0.717, 1.165) is 17.0 Å². The SMILES string of the molecule is CNCc1cc(C)nc(-c2cccc(O)c2)n1. The molecule has 1 heterocycles. The summed E-state index contributed by atoms with van der Waals surface area (Å²) in [6.45, 7) is 2.64. The highest BCUT2D eigenvalue weighted by Gasteiger charge is 2.05. The summed E-state index contributed by atoms with van der Waals surface area (Å²) in [5.74, 6) is 0.869. The normalized spacial score (nSPS) is 10.5. The van der Waals surface area contributed by atoms with Gasteiger partial charge in [0.15, 0.2) is 5.82 Å². The van der Waals surface area contributed by atoms with E-state index in [-0.39, 0.29) is 5.75 Å². The van der Waals surface area contributed by atoms with Gasteiger partial charge in [-0.2, -0.15) is 0 Å². The van der Waals surface area contributed by atoms with Gasteiger partial charge in [0.25, 0.3) is 0 Å². The number of rotatable bonds is 3. The van der Waals surface area contributed by atoms with Crippen LogP contribution in [-0.4, -0.2) is 22.1 Å². The van der Waals surface area contributed by atoms with Crippen molar-refractivity contribution in [2.24, 2.45) is 0 Å². The molecule has 0 saturated carbocycles. The summed E-state index contributed by atoms with van der Waals surface area (Å²) in [5.41, 5.74) is 2.69.